The summed E-state index contributed by atoms with van der Waals surface area (Å²) in [5.74, 6) is 0.0327. The Kier molecular flexibility index (Phi) is 4.14. The average molecular weight is 196 g/mol. The van der Waals surface area contributed by atoms with Gasteiger partial charge < -0.3 is 10.2 Å². The Labute approximate surface area is 86.2 Å². The van der Waals surface area contributed by atoms with Crippen LogP contribution in [0.3, 0.4) is 0 Å². The zero-order valence-electron chi connectivity index (χ0n) is 9.34. The van der Waals surface area contributed by atoms with Gasteiger partial charge in [-0.05, 0) is 40.3 Å². The molecule has 1 aliphatic heterocycles. The van der Waals surface area contributed by atoms with Crippen LogP contribution in [-0.4, -0.2) is 37.0 Å². The van der Waals surface area contributed by atoms with Gasteiger partial charge in [0.1, 0.15) is 0 Å². The number of carbonyl (C=O) groups excluding carboxylic acids is 1. The van der Waals surface area contributed by atoms with Crippen molar-refractivity contribution in [3.05, 3.63) is 11.6 Å². The molecule has 0 radical (unpaired) electrons. The van der Waals surface area contributed by atoms with Gasteiger partial charge in [0.05, 0.1) is 0 Å². The van der Waals surface area contributed by atoms with Crippen molar-refractivity contribution in [2.75, 3.05) is 20.1 Å². The van der Waals surface area contributed by atoms with E-state index in [4.69, 9.17) is 0 Å². The summed E-state index contributed by atoms with van der Waals surface area (Å²) in [5.41, 5.74) is 1.04. The molecule has 14 heavy (non-hydrogen) atoms. The Morgan fingerprint density at radius 2 is 2.29 bits per heavy atom. The Balaban J connectivity index is 2.26. The van der Waals surface area contributed by atoms with E-state index < -0.39 is 0 Å². The van der Waals surface area contributed by atoms with E-state index in [-0.39, 0.29) is 5.91 Å². The molecule has 0 aliphatic carbocycles. The molecule has 1 unspecified atom stereocenters. The highest BCUT2D eigenvalue weighted by atomic mass is 16.1. The van der Waals surface area contributed by atoms with E-state index in [2.05, 4.69) is 17.3 Å². The molecule has 0 spiro atoms. The molecular weight excluding hydrogens is 176 g/mol. The summed E-state index contributed by atoms with van der Waals surface area (Å²) >= 11 is 0. The molecule has 3 heteroatoms. The lowest BCUT2D eigenvalue weighted by Crippen LogP contribution is -2.37. The van der Waals surface area contributed by atoms with Crippen LogP contribution in [0.1, 0.15) is 26.7 Å². The van der Waals surface area contributed by atoms with Gasteiger partial charge in [0.25, 0.3) is 0 Å². The van der Waals surface area contributed by atoms with Crippen molar-refractivity contribution in [3.8, 4) is 0 Å². The number of likely N-dealkylation sites (N-methyl/N-ethyl adjacent to an activating group) is 1. The molecule has 1 amide bonds. The van der Waals surface area contributed by atoms with Crippen molar-refractivity contribution in [2.45, 2.75) is 32.7 Å². The van der Waals surface area contributed by atoms with Crippen LogP contribution in [0.25, 0.3) is 0 Å². The zero-order valence-corrected chi connectivity index (χ0v) is 9.34. The van der Waals surface area contributed by atoms with Crippen molar-refractivity contribution >= 4 is 5.91 Å². The van der Waals surface area contributed by atoms with E-state index in [9.17, 15) is 4.79 Å². The molecule has 1 N–H and O–H groups in total. The third-order valence-corrected chi connectivity index (χ3v) is 2.60. The fourth-order valence-electron chi connectivity index (χ4n) is 1.77. The second-order valence-corrected chi connectivity index (χ2v) is 4.24. The maximum Gasteiger partial charge on any atom is 0.243 e. The SMILES string of the molecule is CC(C)=CC(=O)NCC1CCCN1C. The van der Waals surface area contributed by atoms with Gasteiger partial charge in [-0.15, -0.1) is 0 Å². The fourth-order valence-corrected chi connectivity index (χ4v) is 1.77. The van der Waals surface area contributed by atoms with Crippen LogP contribution in [0, 0.1) is 0 Å². The lowest BCUT2D eigenvalue weighted by molar-refractivity contribution is -0.116. The highest BCUT2D eigenvalue weighted by Gasteiger charge is 2.20. The number of nitrogens with zero attached hydrogens (tertiary/aromatic N) is 1. The highest BCUT2D eigenvalue weighted by Crippen LogP contribution is 2.13. The normalized spacial score (nSPS) is 22.1. The molecule has 0 aromatic carbocycles. The number of amides is 1. The summed E-state index contributed by atoms with van der Waals surface area (Å²) in [6, 6.07) is 0.532. The number of hydrogen-bond acceptors (Lipinski definition) is 2. The predicted octanol–water partition coefficient (Wildman–Crippen LogP) is 1.16. The van der Waals surface area contributed by atoms with E-state index in [1.807, 2.05) is 13.8 Å². The first-order valence-corrected chi connectivity index (χ1v) is 5.22. The highest BCUT2D eigenvalue weighted by molar-refractivity contribution is 5.88. The van der Waals surface area contributed by atoms with Crippen LogP contribution < -0.4 is 5.32 Å². The van der Waals surface area contributed by atoms with Gasteiger partial charge in [0.2, 0.25) is 5.91 Å². The molecule has 1 fully saturated rings. The van der Waals surface area contributed by atoms with Crippen LogP contribution in [0.4, 0.5) is 0 Å². The van der Waals surface area contributed by atoms with Gasteiger partial charge >= 0.3 is 0 Å². The van der Waals surface area contributed by atoms with Crippen LogP contribution in [-0.2, 0) is 4.79 Å². The van der Waals surface area contributed by atoms with Crippen molar-refractivity contribution in [1.29, 1.82) is 0 Å². The van der Waals surface area contributed by atoms with Crippen LogP contribution in [0.15, 0.2) is 11.6 Å². The molecule has 1 heterocycles. The number of allylic oxidation sites excluding steroid dienone is 1. The number of likely N-dealkylation sites (tertiary alicyclic amines) is 1. The average Bonchev–Trinajstić information content (AvgIpc) is 2.46. The monoisotopic (exact) mass is 196 g/mol. The lowest BCUT2D eigenvalue weighted by atomic mass is 10.2. The predicted molar refractivity (Wildman–Crippen MR) is 58.1 cm³/mol. The molecule has 0 bridgehead atoms. The first kappa shape index (κ1) is 11.2. The van der Waals surface area contributed by atoms with Gasteiger partial charge in [-0.25, -0.2) is 0 Å². The van der Waals surface area contributed by atoms with Crippen molar-refractivity contribution < 1.29 is 4.79 Å². The number of rotatable bonds is 3. The fraction of sp³-hybridized carbons (Fsp3) is 0.727. The molecule has 80 valence electrons. The Hall–Kier alpha value is -0.830. The molecule has 3 nitrogen and oxygen atoms in total. The van der Waals surface area contributed by atoms with Crippen molar-refractivity contribution in [1.82, 2.24) is 10.2 Å². The van der Waals surface area contributed by atoms with Gasteiger partial charge in [0, 0.05) is 18.7 Å². The first-order valence-electron chi connectivity index (χ1n) is 5.22. The van der Waals surface area contributed by atoms with Gasteiger partial charge in [-0.1, -0.05) is 5.57 Å². The topological polar surface area (TPSA) is 32.3 Å². The second kappa shape index (κ2) is 5.15. The minimum atomic E-state index is 0.0327. The minimum Gasteiger partial charge on any atom is -0.351 e. The molecule has 1 saturated heterocycles. The smallest absolute Gasteiger partial charge is 0.243 e. The number of hydrogen-bond donors (Lipinski definition) is 1. The second-order valence-electron chi connectivity index (χ2n) is 4.24. The minimum absolute atomic E-state index is 0.0327. The number of carbonyl (C=O) groups is 1. The third kappa shape index (κ3) is 3.50. The summed E-state index contributed by atoms with van der Waals surface area (Å²) in [4.78, 5) is 13.6. The van der Waals surface area contributed by atoms with Crippen LogP contribution in [0.2, 0.25) is 0 Å². The van der Waals surface area contributed by atoms with Gasteiger partial charge in [0.15, 0.2) is 0 Å². The Bertz CT molecular complexity index is 231. The summed E-state index contributed by atoms with van der Waals surface area (Å²) < 4.78 is 0. The van der Waals surface area contributed by atoms with Gasteiger partial charge in [-0.2, -0.15) is 0 Å². The molecule has 1 rings (SSSR count). The third-order valence-electron chi connectivity index (χ3n) is 2.60. The van der Waals surface area contributed by atoms with E-state index >= 15 is 0 Å². The largest absolute Gasteiger partial charge is 0.351 e. The molecule has 1 atom stereocenters. The molecule has 1 aliphatic rings. The Morgan fingerprint density at radius 1 is 1.57 bits per heavy atom. The van der Waals surface area contributed by atoms with Crippen molar-refractivity contribution in [2.24, 2.45) is 0 Å². The summed E-state index contributed by atoms with van der Waals surface area (Å²) in [6.45, 7) is 5.80. The summed E-state index contributed by atoms with van der Waals surface area (Å²) in [5, 5.41) is 2.93. The van der Waals surface area contributed by atoms with Crippen LogP contribution in [0.5, 0.6) is 0 Å². The van der Waals surface area contributed by atoms with E-state index in [0.29, 0.717) is 6.04 Å². The summed E-state index contributed by atoms with van der Waals surface area (Å²) in [7, 11) is 2.12. The number of nitrogens with one attached hydrogen (secondary N) is 1. The maximum absolute atomic E-state index is 11.3. The molecule has 0 aromatic heterocycles. The van der Waals surface area contributed by atoms with E-state index in [0.717, 1.165) is 18.7 Å². The molecule has 0 aromatic rings. The standard InChI is InChI=1S/C11H20N2O/c1-9(2)7-11(14)12-8-10-5-4-6-13(10)3/h7,10H,4-6,8H2,1-3H3,(H,12,14). The summed E-state index contributed by atoms with van der Waals surface area (Å²) in [6.07, 6.45) is 4.10. The van der Waals surface area contributed by atoms with Crippen molar-refractivity contribution in [3.63, 3.8) is 0 Å². The van der Waals surface area contributed by atoms with Gasteiger partial charge in [-0.3, -0.25) is 4.79 Å². The zero-order chi connectivity index (χ0) is 10.6. The van der Waals surface area contributed by atoms with E-state index in [1.165, 1.54) is 12.8 Å². The first-order chi connectivity index (χ1) is 6.59. The Morgan fingerprint density at radius 3 is 2.79 bits per heavy atom. The molecule has 0 saturated carbocycles. The van der Waals surface area contributed by atoms with Crippen LogP contribution >= 0.6 is 0 Å². The maximum atomic E-state index is 11.3. The van der Waals surface area contributed by atoms with E-state index in [1.54, 1.807) is 6.08 Å². The lowest BCUT2D eigenvalue weighted by Gasteiger charge is -2.19. The quantitative estimate of drug-likeness (QED) is 0.687. The molecular formula is C11H20N2O.